The molecule has 0 aromatic heterocycles. The molecule has 0 aliphatic carbocycles. The van der Waals surface area contributed by atoms with Crippen LogP contribution in [0.2, 0.25) is 0 Å². The van der Waals surface area contributed by atoms with E-state index in [9.17, 15) is 4.79 Å². The van der Waals surface area contributed by atoms with Crippen molar-refractivity contribution in [2.24, 2.45) is 0 Å². The van der Waals surface area contributed by atoms with Crippen LogP contribution in [0, 0.1) is 0 Å². The molecule has 1 atom stereocenters. The Morgan fingerprint density at radius 1 is 1.09 bits per heavy atom. The number of benzene rings is 2. The molecule has 0 fully saturated rings. The minimum absolute atomic E-state index is 0.110. The third kappa shape index (κ3) is 3.39. The second kappa shape index (κ2) is 6.60. The molecule has 5 heteroatoms. The summed E-state index contributed by atoms with van der Waals surface area (Å²) in [7, 11) is 1.63. The number of nitrogens with one attached hydrogen (secondary N) is 1. The van der Waals surface area contributed by atoms with Gasteiger partial charge in [0.1, 0.15) is 19.0 Å². The van der Waals surface area contributed by atoms with Crippen LogP contribution in [0.1, 0.15) is 28.9 Å². The molecule has 1 aliphatic heterocycles. The van der Waals surface area contributed by atoms with Gasteiger partial charge in [-0.2, -0.15) is 0 Å². The van der Waals surface area contributed by atoms with Crippen molar-refractivity contribution < 1.29 is 19.0 Å². The van der Waals surface area contributed by atoms with Crippen LogP contribution in [-0.4, -0.2) is 26.2 Å². The SMILES string of the molecule is COc1ccc(C(C)NC(=O)c2ccc3c(c2)OCCO3)cc1. The lowest BCUT2D eigenvalue weighted by Gasteiger charge is -2.19. The van der Waals surface area contributed by atoms with Crippen molar-refractivity contribution in [1.29, 1.82) is 0 Å². The summed E-state index contributed by atoms with van der Waals surface area (Å²) >= 11 is 0. The molecule has 1 heterocycles. The van der Waals surface area contributed by atoms with Gasteiger partial charge in [0.25, 0.3) is 5.91 Å². The molecule has 5 nitrogen and oxygen atoms in total. The van der Waals surface area contributed by atoms with E-state index in [2.05, 4.69) is 5.32 Å². The Balaban J connectivity index is 1.70. The Bertz CT molecular complexity index is 697. The average Bonchev–Trinajstić information content (AvgIpc) is 2.61. The van der Waals surface area contributed by atoms with Crippen molar-refractivity contribution in [3.05, 3.63) is 53.6 Å². The Kier molecular flexibility index (Phi) is 4.37. The zero-order valence-corrected chi connectivity index (χ0v) is 13.2. The Hall–Kier alpha value is -2.69. The predicted molar refractivity (Wildman–Crippen MR) is 86.3 cm³/mol. The summed E-state index contributed by atoms with van der Waals surface area (Å²) in [6.45, 7) is 2.98. The molecule has 2 aromatic carbocycles. The Morgan fingerprint density at radius 3 is 2.48 bits per heavy atom. The van der Waals surface area contributed by atoms with Crippen molar-refractivity contribution in [2.45, 2.75) is 13.0 Å². The molecule has 2 aromatic rings. The summed E-state index contributed by atoms with van der Waals surface area (Å²) in [6.07, 6.45) is 0. The fraction of sp³-hybridized carbons (Fsp3) is 0.278. The number of carbonyl (C=O) groups is 1. The first-order valence-corrected chi connectivity index (χ1v) is 7.52. The third-order valence-electron chi connectivity index (χ3n) is 3.77. The summed E-state index contributed by atoms with van der Waals surface area (Å²) in [5, 5.41) is 2.98. The van der Waals surface area contributed by atoms with Gasteiger partial charge in [-0.1, -0.05) is 12.1 Å². The minimum atomic E-state index is -0.148. The number of hydrogen-bond donors (Lipinski definition) is 1. The summed E-state index contributed by atoms with van der Waals surface area (Å²) in [4.78, 5) is 12.4. The standard InChI is InChI=1S/C18H19NO4/c1-12(13-3-6-15(21-2)7-4-13)19-18(20)14-5-8-16-17(11-14)23-10-9-22-16/h3-8,11-12H,9-10H2,1-2H3,(H,19,20). The summed E-state index contributed by atoms with van der Waals surface area (Å²) in [5.41, 5.74) is 1.56. The van der Waals surface area contributed by atoms with E-state index in [0.717, 1.165) is 11.3 Å². The predicted octanol–water partition coefficient (Wildman–Crippen LogP) is 2.96. The van der Waals surface area contributed by atoms with Crippen molar-refractivity contribution in [3.8, 4) is 17.2 Å². The highest BCUT2D eigenvalue weighted by molar-refractivity contribution is 5.95. The topological polar surface area (TPSA) is 56.8 Å². The Labute approximate surface area is 135 Å². The van der Waals surface area contributed by atoms with Crippen LogP contribution in [0.4, 0.5) is 0 Å². The van der Waals surface area contributed by atoms with E-state index in [1.807, 2.05) is 31.2 Å². The van der Waals surface area contributed by atoms with Gasteiger partial charge < -0.3 is 19.5 Å². The fourth-order valence-electron chi connectivity index (χ4n) is 2.44. The van der Waals surface area contributed by atoms with E-state index < -0.39 is 0 Å². The lowest BCUT2D eigenvalue weighted by molar-refractivity contribution is 0.0938. The largest absolute Gasteiger partial charge is 0.497 e. The number of amides is 1. The van der Waals surface area contributed by atoms with Crippen molar-refractivity contribution >= 4 is 5.91 Å². The molecule has 0 saturated heterocycles. The number of ether oxygens (including phenoxy) is 3. The van der Waals surface area contributed by atoms with Gasteiger partial charge in [0.05, 0.1) is 13.2 Å². The molecule has 120 valence electrons. The van der Waals surface area contributed by atoms with Gasteiger partial charge in [0, 0.05) is 5.56 Å². The first-order valence-electron chi connectivity index (χ1n) is 7.52. The van der Waals surface area contributed by atoms with E-state index in [1.54, 1.807) is 25.3 Å². The van der Waals surface area contributed by atoms with Crippen LogP contribution in [0.5, 0.6) is 17.2 Å². The number of rotatable bonds is 4. The van der Waals surface area contributed by atoms with Crippen LogP contribution in [-0.2, 0) is 0 Å². The number of fused-ring (bicyclic) bond motifs is 1. The molecule has 1 N–H and O–H groups in total. The fourth-order valence-corrected chi connectivity index (χ4v) is 2.44. The zero-order valence-electron chi connectivity index (χ0n) is 13.2. The zero-order chi connectivity index (χ0) is 16.2. The van der Waals surface area contributed by atoms with E-state index in [4.69, 9.17) is 14.2 Å². The molecular weight excluding hydrogens is 294 g/mol. The van der Waals surface area contributed by atoms with Gasteiger partial charge in [-0.15, -0.1) is 0 Å². The van der Waals surface area contributed by atoms with Crippen LogP contribution >= 0.6 is 0 Å². The maximum absolute atomic E-state index is 12.4. The molecule has 1 amide bonds. The van der Waals surface area contributed by atoms with E-state index in [-0.39, 0.29) is 11.9 Å². The lowest BCUT2D eigenvalue weighted by atomic mass is 10.1. The lowest BCUT2D eigenvalue weighted by Crippen LogP contribution is -2.27. The van der Waals surface area contributed by atoms with Crippen molar-refractivity contribution in [2.75, 3.05) is 20.3 Å². The molecule has 0 spiro atoms. The quantitative estimate of drug-likeness (QED) is 0.943. The summed E-state index contributed by atoms with van der Waals surface area (Å²) in [6, 6.07) is 12.7. The molecule has 0 saturated carbocycles. The first kappa shape index (κ1) is 15.2. The van der Waals surface area contributed by atoms with Crippen LogP contribution in [0.3, 0.4) is 0 Å². The maximum atomic E-state index is 12.4. The average molecular weight is 313 g/mol. The van der Waals surface area contributed by atoms with Crippen molar-refractivity contribution in [1.82, 2.24) is 5.32 Å². The molecule has 1 unspecified atom stereocenters. The highest BCUT2D eigenvalue weighted by Crippen LogP contribution is 2.30. The van der Waals surface area contributed by atoms with E-state index in [1.165, 1.54) is 0 Å². The van der Waals surface area contributed by atoms with E-state index in [0.29, 0.717) is 30.3 Å². The van der Waals surface area contributed by atoms with E-state index >= 15 is 0 Å². The van der Waals surface area contributed by atoms with Crippen molar-refractivity contribution in [3.63, 3.8) is 0 Å². The molecule has 3 rings (SSSR count). The summed E-state index contributed by atoms with van der Waals surface area (Å²) in [5.74, 6) is 1.93. The van der Waals surface area contributed by atoms with Gasteiger partial charge in [-0.3, -0.25) is 4.79 Å². The summed E-state index contributed by atoms with van der Waals surface area (Å²) < 4.78 is 16.1. The Morgan fingerprint density at radius 2 is 1.78 bits per heavy atom. The first-order chi connectivity index (χ1) is 11.2. The van der Waals surface area contributed by atoms with Gasteiger partial charge in [0.2, 0.25) is 0 Å². The normalized spacial score (nSPS) is 14.0. The highest BCUT2D eigenvalue weighted by Gasteiger charge is 2.16. The highest BCUT2D eigenvalue weighted by atomic mass is 16.6. The number of carbonyl (C=O) groups excluding carboxylic acids is 1. The molecular formula is C18H19NO4. The maximum Gasteiger partial charge on any atom is 0.251 e. The third-order valence-corrected chi connectivity index (χ3v) is 3.77. The number of hydrogen-bond acceptors (Lipinski definition) is 4. The van der Waals surface area contributed by atoms with Crippen LogP contribution < -0.4 is 19.5 Å². The second-order valence-electron chi connectivity index (χ2n) is 5.33. The van der Waals surface area contributed by atoms with Gasteiger partial charge in [-0.05, 0) is 42.8 Å². The number of methoxy groups -OCH3 is 1. The smallest absolute Gasteiger partial charge is 0.251 e. The van der Waals surface area contributed by atoms with Crippen LogP contribution in [0.25, 0.3) is 0 Å². The van der Waals surface area contributed by atoms with Crippen LogP contribution in [0.15, 0.2) is 42.5 Å². The molecule has 1 aliphatic rings. The molecule has 0 bridgehead atoms. The van der Waals surface area contributed by atoms with Gasteiger partial charge in [0.15, 0.2) is 11.5 Å². The monoisotopic (exact) mass is 313 g/mol. The molecule has 23 heavy (non-hydrogen) atoms. The second-order valence-corrected chi connectivity index (χ2v) is 5.33. The van der Waals surface area contributed by atoms with Gasteiger partial charge >= 0.3 is 0 Å². The molecule has 0 radical (unpaired) electrons. The minimum Gasteiger partial charge on any atom is -0.497 e. The van der Waals surface area contributed by atoms with Gasteiger partial charge in [-0.25, -0.2) is 0 Å².